The summed E-state index contributed by atoms with van der Waals surface area (Å²) >= 11 is 0. The number of aryl methyl sites for hydroxylation is 1. The van der Waals surface area contributed by atoms with Crippen molar-refractivity contribution in [1.82, 2.24) is 9.55 Å². The highest BCUT2D eigenvalue weighted by Crippen LogP contribution is 2.31. The van der Waals surface area contributed by atoms with Crippen molar-refractivity contribution in [2.24, 2.45) is 0 Å². The van der Waals surface area contributed by atoms with Crippen molar-refractivity contribution in [2.75, 3.05) is 6.61 Å². The van der Waals surface area contributed by atoms with Crippen LogP contribution in [0.1, 0.15) is 18.2 Å². The Morgan fingerprint density at radius 3 is 3.00 bits per heavy atom. The number of aromatic amines is 1. The average Bonchev–Trinajstić information content (AvgIpc) is 2.72. The lowest BCUT2D eigenvalue weighted by Gasteiger charge is -2.14. The third-order valence-corrected chi connectivity index (χ3v) is 3.32. The molecule has 1 aliphatic rings. The first-order chi connectivity index (χ1) is 9.38. The van der Waals surface area contributed by atoms with E-state index in [1.54, 1.807) is 0 Å². The van der Waals surface area contributed by atoms with Crippen LogP contribution in [-0.2, 0) is 13.8 Å². The van der Waals surface area contributed by atoms with E-state index in [1.165, 1.54) is 13.1 Å². The lowest BCUT2D eigenvalue weighted by molar-refractivity contribution is -0.188. The molecule has 0 saturated carbocycles. The minimum absolute atomic E-state index is 0.130. The van der Waals surface area contributed by atoms with E-state index in [2.05, 4.69) is 9.51 Å². The second-order valence-electron chi connectivity index (χ2n) is 4.38. The van der Waals surface area contributed by atoms with Gasteiger partial charge in [-0.3, -0.25) is 14.3 Å². The lowest BCUT2D eigenvalue weighted by atomic mass is 10.2. The molecule has 110 valence electrons. The van der Waals surface area contributed by atoms with Crippen molar-refractivity contribution >= 4 is 8.25 Å². The van der Waals surface area contributed by atoms with Crippen molar-refractivity contribution in [3.63, 3.8) is 0 Å². The van der Waals surface area contributed by atoms with E-state index < -0.39 is 44.6 Å². The molecule has 0 aliphatic carbocycles. The Hall–Kier alpha value is -1.41. The summed E-state index contributed by atoms with van der Waals surface area (Å²) in [4.78, 5) is 35.3. The molecule has 0 spiro atoms. The van der Waals surface area contributed by atoms with Gasteiger partial charge in [-0.25, -0.2) is 9.18 Å². The number of hydrogen-bond donors (Lipinski definition) is 1. The molecule has 4 atom stereocenters. The van der Waals surface area contributed by atoms with E-state index in [0.29, 0.717) is 0 Å². The van der Waals surface area contributed by atoms with E-state index in [9.17, 15) is 23.4 Å². The third-order valence-electron chi connectivity index (χ3n) is 2.96. The van der Waals surface area contributed by atoms with Crippen LogP contribution >= 0.6 is 8.25 Å². The molecule has 1 saturated heterocycles. The van der Waals surface area contributed by atoms with Gasteiger partial charge in [-0.05, 0) is 11.5 Å². The normalized spacial score (nSPS) is 26.8. The molecule has 0 aromatic carbocycles. The standard InChI is InChI=1S/C10H12FN2O6P/c1-5-3-13(10(15)12-9(5)14)8-2-6(11)7(19-8)4-18-20(16)17/h3,6-8H,2,4H2,1H3,(H,12,14,15)/t6-,7+,8+/m0/s1. The number of hydrogen-bond acceptors (Lipinski definition) is 6. The Morgan fingerprint density at radius 1 is 1.65 bits per heavy atom. The van der Waals surface area contributed by atoms with Crippen LogP contribution in [0.4, 0.5) is 4.39 Å². The zero-order chi connectivity index (χ0) is 14.9. The molecule has 8 nitrogen and oxygen atoms in total. The van der Waals surface area contributed by atoms with Crippen LogP contribution < -0.4 is 16.1 Å². The van der Waals surface area contributed by atoms with Crippen molar-refractivity contribution < 1.29 is 23.1 Å². The maximum absolute atomic E-state index is 13.7. The van der Waals surface area contributed by atoms with Crippen LogP contribution in [0.5, 0.6) is 0 Å². The Balaban J connectivity index is 2.16. The molecule has 2 rings (SSSR count). The molecule has 1 unspecified atom stereocenters. The minimum atomic E-state index is -3.08. The number of nitrogens with one attached hydrogen (secondary N) is 1. The average molecular weight is 306 g/mol. The predicted octanol–water partition coefficient (Wildman–Crippen LogP) is -0.495. The van der Waals surface area contributed by atoms with Crippen molar-refractivity contribution in [1.29, 1.82) is 0 Å². The number of H-pyrrole nitrogens is 1. The van der Waals surface area contributed by atoms with Crippen LogP contribution in [0, 0.1) is 6.92 Å². The first kappa shape index (κ1) is 15.0. The Kier molecular flexibility index (Phi) is 4.44. The van der Waals surface area contributed by atoms with Gasteiger partial charge in [0.1, 0.15) is 25.1 Å². The van der Waals surface area contributed by atoms with Gasteiger partial charge in [0.05, 0.1) is 0 Å². The summed E-state index contributed by atoms with van der Waals surface area (Å²) < 4.78 is 34.6. The summed E-state index contributed by atoms with van der Waals surface area (Å²) in [6, 6.07) is 0. The highest BCUT2D eigenvalue weighted by atomic mass is 31.1. The summed E-state index contributed by atoms with van der Waals surface area (Å²) in [5.74, 6) is 0. The topological polar surface area (TPSA) is 113 Å². The zero-order valence-electron chi connectivity index (χ0n) is 10.4. The number of aromatic nitrogens is 2. The molecule has 20 heavy (non-hydrogen) atoms. The Morgan fingerprint density at radius 2 is 2.35 bits per heavy atom. The summed E-state index contributed by atoms with van der Waals surface area (Å²) in [6.07, 6.45) is -2.31. The molecule has 1 aliphatic heterocycles. The summed E-state index contributed by atoms with van der Waals surface area (Å²) in [7, 11) is -3.08. The van der Waals surface area contributed by atoms with Crippen LogP contribution in [0.15, 0.2) is 15.8 Å². The van der Waals surface area contributed by atoms with Gasteiger partial charge >= 0.3 is 13.9 Å². The maximum atomic E-state index is 13.7. The second kappa shape index (κ2) is 5.92. The maximum Gasteiger partial charge on any atom is 0.488 e. The quantitative estimate of drug-likeness (QED) is 0.751. The summed E-state index contributed by atoms with van der Waals surface area (Å²) in [5.41, 5.74) is -0.954. The highest BCUT2D eigenvalue weighted by molar-refractivity contribution is 7.30. The van der Waals surface area contributed by atoms with Crippen LogP contribution in [0.3, 0.4) is 0 Å². The van der Waals surface area contributed by atoms with Gasteiger partial charge in [0.15, 0.2) is 0 Å². The first-order valence-corrected chi connectivity index (χ1v) is 6.87. The van der Waals surface area contributed by atoms with Crippen LogP contribution in [0.25, 0.3) is 0 Å². The monoisotopic (exact) mass is 306 g/mol. The summed E-state index contributed by atoms with van der Waals surface area (Å²) in [6.45, 7) is 1.05. The number of nitrogens with zero attached hydrogens (tertiary/aromatic N) is 1. The van der Waals surface area contributed by atoms with E-state index >= 15 is 0 Å². The molecular weight excluding hydrogens is 294 g/mol. The minimum Gasteiger partial charge on any atom is -0.566 e. The number of halogens is 1. The zero-order valence-corrected chi connectivity index (χ0v) is 11.3. The number of alkyl halides is 1. The SMILES string of the molecule is Cc1cn([C@H]2C[C@H](F)[C@@H](CO[P+](=O)[O-])O2)c(=O)[nH]c1=O. The molecule has 0 amide bonds. The van der Waals surface area contributed by atoms with E-state index in [0.717, 1.165) is 4.57 Å². The van der Waals surface area contributed by atoms with Crippen LogP contribution in [0.2, 0.25) is 0 Å². The Labute approximate surface area is 113 Å². The van der Waals surface area contributed by atoms with Gasteiger partial charge in [0.25, 0.3) is 5.56 Å². The second-order valence-corrected chi connectivity index (χ2v) is 5.08. The van der Waals surface area contributed by atoms with Gasteiger partial charge in [-0.1, -0.05) is 0 Å². The fourth-order valence-electron chi connectivity index (χ4n) is 1.94. The van der Waals surface area contributed by atoms with E-state index in [-0.39, 0.29) is 12.0 Å². The molecular formula is C10H12FN2O6P. The van der Waals surface area contributed by atoms with Crippen molar-refractivity contribution in [2.45, 2.75) is 31.8 Å². The molecule has 0 radical (unpaired) electrons. The first-order valence-electron chi connectivity index (χ1n) is 5.77. The largest absolute Gasteiger partial charge is 0.566 e. The smallest absolute Gasteiger partial charge is 0.488 e. The van der Waals surface area contributed by atoms with Gasteiger partial charge in [-0.15, -0.1) is 4.52 Å². The molecule has 1 aromatic rings. The third kappa shape index (κ3) is 3.18. The highest BCUT2D eigenvalue weighted by Gasteiger charge is 2.38. The predicted molar refractivity (Wildman–Crippen MR) is 63.0 cm³/mol. The molecule has 0 bridgehead atoms. The van der Waals surface area contributed by atoms with Crippen molar-refractivity contribution in [3.8, 4) is 0 Å². The van der Waals surface area contributed by atoms with Crippen LogP contribution in [-0.4, -0.2) is 28.4 Å². The van der Waals surface area contributed by atoms with Crippen molar-refractivity contribution in [3.05, 3.63) is 32.6 Å². The van der Waals surface area contributed by atoms with Gasteiger partial charge in [-0.2, -0.15) is 0 Å². The van der Waals surface area contributed by atoms with E-state index in [4.69, 9.17) is 4.74 Å². The molecule has 2 heterocycles. The molecule has 1 N–H and O–H groups in total. The Bertz CT molecular complexity index is 629. The molecule has 1 aromatic heterocycles. The lowest BCUT2D eigenvalue weighted by Crippen LogP contribution is -2.33. The number of rotatable bonds is 4. The molecule has 10 heteroatoms. The fraction of sp³-hybridized carbons (Fsp3) is 0.600. The fourth-order valence-corrected chi connectivity index (χ4v) is 2.21. The van der Waals surface area contributed by atoms with Gasteiger partial charge < -0.3 is 9.63 Å². The van der Waals surface area contributed by atoms with E-state index in [1.807, 2.05) is 0 Å². The molecule has 1 fully saturated rings. The summed E-state index contributed by atoms with van der Waals surface area (Å²) in [5, 5.41) is 0. The number of ether oxygens (including phenoxy) is 1. The van der Waals surface area contributed by atoms with Gasteiger partial charge in [0.2, 0.25) is 0 Å². The van der Waals surface area contributed by atoms with Gasteiger partial charge in [0, 0.05) is 18.2 Å².